The second-order valence-electron chi connectivity index (χ2n) is 16.7. The van der Waals surface area contributed by atoms with E-state index in [1.165, 1.54) is 57.8 Å². The minimum atomic E-state index is -5.07. The van der Waals surface area contributed by atoms with Gasteiger partial charge in [-0.1, -0.05) is 164 Å². The van der Waals surface area contributed by atoms with Crippen molar-refractivity contribution in [2.24, 2.45) is 0 Å². The van der Waals surface area contributed by atoms with Gasteiger partial charge in [0.15, 0.2) is 6.29 Å². The Bertz CT molecular complexity index is 1390. The molecular formula is C51H88O12S. The highest BCUT2D eigenvalue weighted by molar-refractivity contribution is 7.80. The number of hydrogen-bond acceptors (Lipinski definition) is 11. The Kier molecular flexibility index (Phi) is 39.0. The Morgan fingerprint density at radius 3 is 1.59 bits per heavy atom. The van der Waals surface area contributed by atoms with Crippen molar-refractivity contribution in [3.8, 4) is 0 Å². The Morgan fingerprint density at radius 2 is 1.08 bits per heavy atom. The zero-order valence-electron chi connectivity index (χ0n) is 39.6. The third kappa shape index (κ3) is 34.8. The number of aliphatic hydroxyl groups is 3. The number of rotatable bonds is 42. The first-order valence-electron chi connectivity index (χ1n) is 24.7. The van der Waals surface area contributed by atoms with Crippen LogP contribution in [0.4, 0.5) is 0 Å². The predicted octanol–water partition coefficient (Wildman–Crippen LogP) is 11.1. The number of allylic oxidation sites excluding steroid dienone is 12. The van der Waals surface area contributed by atoms with Gasteiger partial charge in [-0.3, -0.25) is 9.35 Å². The molecule has 0 saturated carbocycles. The minimum absolute atomic E-state index is 0.0234. The van der Waals surface area contributed by atoms with Gasteiger partial charge in [0.05, 0.1) is 19.8 Å². The summed E-state index contributed by atoms with van der Waals surface area (Å²) in [4.78, 5) is 12.9. The summed E-state index contributed by atoms with van der Waals surface area (Å²) >= 11 is 0. The molecule has 0 aliphatic carbocycles. The maximum Gasteiger partial charge on any atom is 0.397 e. The molecule has 1 heterocycles. The van der Waals surface area contributed by atoms with Crippen molar-refractivity contribution < 1.29 is 56.2 Å². The second kappa shape index (κ2) is 41.9. The zero-order chi connectivity index (χ0) is 46.8. The Morgan fingerprint density at radius 1 is 0.609 bits per heavy atom. The summed E-state index contributed by atoms with van der Waals surface area (Å²) in [6.07, 6.45) is 45.1. The Labute approximate surface area is 388 Å². The topological polar surface area (TPSA) is 178 Å². The van der Waals surface area contributed by atoms with E-state index in [9.17, 15) is 33.1 Å². The largest absolute Gasteiger partial charge is 0.457 e. The van der Waals surface area contributed by atoms with Crippen molar-refractivity contribution in [3.63, 3.8) is 0 Å². The van der Waals surface area contributed by atoms with Crippen LogP contribution >= 0.6 is 0 Å². The fourth-order valence-electron chi connectivity index (χ4n) is 7.10. The molecule has 1 aliphatic heterocycles. The van der Waals surface area contributed by atoms with E-state index in [2.05, 4.69) is 90.9 Å². The predicted molar refractivity (Wildman–Crippen MR) is 257 cm³/mol. The van der Waals surface area contributed by atoms with Crippen molar-refractivity contribution in [1.29, 1.82) is 0 Å². The van der Waals surface area contributed by atoms with Crippen molar-refractivity contribution in [2.45, 2.75) is 218 Å². The van der Waals surface area contributed by atoms with Crippen LogP contribution in [-0.4, -0.2) is 97.5 Å². The van der Waals surface area contributed by atoms with Crippen LogP contribution in [-0.2, 0) is 38.3 Å². The molecule has 4 N–H and O–H groups in total. The number of aliphatic hydroxyl groups excluding tert-OH is 3. The van der Waals surface area contributed by atoms with Gasteiger partial charge in [0.2, 0.25) is 0 Å². The Hall–Kier alpha value is -2.46. The Balaban J connectivity index is 2.36. The molecule has 6 unspecified atom stereocenters. The normalized spacial score (nSPS) is 20.4. The van der Waals surface area contributed by atoms with Crippen molar-refractivity contribution >= 4 is 16.4 Å². The van der Waals surface area contributed by atoms with Crippen molar-refractivity contribution in [1.82, 2.24) is 0 Å². The molecule has 0 aromatic carbocycles. The highest BCUT2D eigenvalue weighted by Gasteiger charge is 2.48. The van der Waals surface area contributed by atoms with Gasteiger partial charge in [-0.05, 0) is 83.5 Å². The lowest BCUT2D eigenvalue weighted by atomic mass is 9.99. The third-order valence-electron chi connectivity index (χ3n) is 10.8. The molecule has 1 saturated heterocycles. The number of carbonyl (C=O) groups is 1. The van der Waals surface area contributed by atoms with E-state index in [-0.39, 0.29) is 19.6 Å². The van der Waals surface area contributed by atoms with Gasteiger partial charge in [-0.25, -0.2) is 4.18 Å². The van der Waals surface area contributed by atoms with E-state index in [4.69, 9.17) is 18.9 Å². The van der Waals surface area contributed by atoms with Gasteiger partial charge in [-0.2, -0.15) is 8.42 Å². The smallest absolute Gasteiger partial charge is 0.397 e. The van der Waals surface area contributed by atoms with Crippen molar-refractivity contribution in [2.75, 3.05) is 26.4 Å². The van der Waals surface area contributed by atoms with Gasteiger partial charge < -0.3 is 34.3 Å². The van der Waals surface area contributed by atoms with Crippen LogP contribution in [0.5, 0.6) is 0 Å². The highest BCUT2D eigenvalue weighted by Crippen LogP contribution is 2.26. The van der Waals surface area contributed by atoms with Crippen LogP contribution in [0.3, 0.4) is 0 Å². The molecule has 1 rings (SSSR count). The summed E-state index contributed by atoms with van der Waals surface area (Å²) in [6.45, 7) is 3.82. The van der Waals surface area contributed by atoms with E-state index < -0.39 is 59.8 Å². The van der Waals surface area contributed by atoms with Gasteiger partial charge in [0, 0.05) is 13.0 Å². The van der Waals surface area contributed by atoms with Gasteiger partial charge in [0.1, 0.15) is 30.5 Å². The fraction of sp³-hybridized carbons (Fsp3) is 0.745. The van der Waals surface area contributed by atoms with E-state index in [0.717, 1.165) is 96.3 Å². The SMILES string of the molecule is CC/C=C\C/C=C\C/C=C\C/C=C\C/C=C\CCCCCCCCCCOCC(COC1OC(CO)C(O)C(OS(=O)(=O)O)C1O)OC(=O)CCCCCCC/C=C\CCCCCC. The standard InChI is InChI=1S/C51H88O12S/c1-3-5-7-9-11-13-15-17-18-19-20-21-22-23-24-25-26-27-29-31-33-35-37-39-41-59-43-45(44-60-51-49(55)50(63-64(56,57)58)48(54)46(42-52)62-51)61-47(53)40-38-36-34-32-30-28-16-14-12-10-8-6-4-2/h5,7,11,13-14,16-18,20-21,23-24,45-46,48-52,54-55H,3-4,6,8-10,12,15,19,22,25-44H2,1-2H3,(H,56,57,58)/b7-5-,13-11-,16-14-,18-17-,21-20-,24-23-. The number of esters is 1. The van der Waals surface area contributed by atoms with Gasteiger partial charge >= 0.3 is 16.4 Å². The number of unbranched alkanes of at least 4 members (excludes halogenated alkanes) is 17. The molecule has 1 fully saturated rings. The number of ether oxygens (including phenoxy) is 4. The fourth-order valence-corrected chi connectivity index (χ4v) is 7.61. The summed E-state index contributed by atoms with van der Waals surface area (Å²) < 4.78 is 59.1. The van der Waals surface area contributed by atoms with Crippen LogP contribution in [0.1, 0.15) is 181 Å². The van der Waals surface area contributed by atoms with Crippen LogP contribution in [0.15, 0.2) is 72.9 Å². The summed E-state index contributed by atoms with van der Waals surface area (Å²) in [7, 11) is -5.07. The van der Waals surface area contributed by atoms with E-state index in [1.807, 2.05) is 0 Å². The first-order valence-corrected chi connectivity index (χ1v) is 26.1. The molecule has 0 spiro atoms. The number of carbonyl (C=O) groups excluding carboxylic acids is 1. The molecule has 0 radical (unpaired) electrons. The maximum absolute atomic E-state index is 12.9. The highest BCUT2D eigenvalue weighted by atomic mass is 32.3. The molecule has 0 bridgehead atoms. The lowest BCUT2D eigenvalue weighted by molar-refractivity contribution is -0.301. The summed E-state index contributed by atoms with van der Waals surface area (Å²) in [5, 5.41) is 30.7. The minimum Gasteiger partial charge on any atom is -0.457 e. The molecule has 12 nitrogen and oxygen atoms in total. The summed E-state index contributed by atoms with van der Waals surface area (Å²) in [6, 6.07) is 0. The quantitative estimate of drug-likeness (QED) is 0.0197. The molecule has 0 amide bonds. The van der Waals surface area contributed by atoms with E-state index in [0.29, 0.717) is 13.0 Å². The molecular weight excluding hydrogens is 837 g/mol. The zero-order valence-corrected chi connectivity index (χ0v) is 40.4. The van der Waals surface area contributed by atoms with Crippen molar-refractivity contribution in [3.05, 3.63) is 72.9 Å². The van der Waals surface area contributed by atoms with Crippen LogP contribution in [0, 0.1) is 0 Å². The molecule has 0 aromatic rings. The van der Waals surface area contributed by atoms with Crippen LogP contribution in [0.25, 0.3) is 0 Å². The van der Waals surface area contributed by atoms with Gasteiger partial charge in [0.25, 0.3) is 0 Å². The van der Waals surface area contributed by atoms with Crippen LogP contribution in [0.2, 0.25) is 0 Å². The number of hydrogen-bond donors (Lipinski definition) is 4. The average molecular weight is 925 g/mol. The lowest BCUT2D eigenvalue weighted by Gasteiger charge is -2.41. The molecule has 13 heteroatoms. The van der Waals surface area contributed by atoms with E-state index in [1.54, 1.807) is 0 Å². The molecule has 6 atom stereocenters. The monoisotopic (exact) mass is 925 g/mol. The van der Waals surface area contributed by atoms with Crippen LogP contribution < -0.4 is 0 Å². The summed E-state index contributed by atoms with van der Waals surface area (Å²) in [5.74, 6) is -0.414. The van der Waals surface area contributed by atoms with E-state index >= 15 is 0 Å². The first kappa shape index (κ1) is 59.6. The lowest BCUT2D eigenvalue weighted by Crippen LogP contribution is -2.60. The van der Waals surface area contributed by atoms with Gasteiger partial charge in [-0.15, -0.1) is 0 Å². The third-order valence-corrected chi connectivity index (χ3v) is 11.3. The molecule has 0 aromatic heterocycles. The second-order valence-corrected chi connectivity index (χ2v) is 17.7. The molecule has 370 valence electrons. The average Bonchev–Trinajstić information content (AvgIpc) is 3.27. The maximum atomic E-state index is 12.9. The molecule has 1 aliphatic rings. The molecule has 64 heavy (non-hydrogen) atoms. The first-order chi connectivity index (χ1) is 31.1. The summed E-state index contributed by atoms with van der Waals surface area (Å²) in [5.41, 5.74) is 0.